The molecule has 0 aliphatic carbocycles. The predicted octanol–water partition coefficient (Wildman–Crippen LogP) is 4.78. The molecule has 0 radical (unpaired) electrons. The number of fused-ring (bicyclic) bond motifs is 3. The van der Waals surface area contributed by atoms with Crippen molar-refractivity contribution >= 4 is 39.3 Å². The van der Waals surface area contributed by atoms with Crippen LogP contribution in [0.5, 0.6) is 6.01 Å². The number of carbonyl (C=O) groups excluding carboxylic acids is 1. The highest BCUT2D eigenvalue weighted by molar-refractivity contribution is 7.16. The number of piperidine rings is 1. The summed E-state index contributed by atoms with van der Waals surface area (Å²) in [5, 5.41) is 13.4. The first kappa shape index (κ1) is 21.0. The van der Waals surface area contributed by atoms with Gasteiger partial charge >= 0.3 is 12.1 Å². The molecule has 0 aromatic carbocycles. The van der Waals surface area contributed by atoms with Gasteiger partial charge in [-0.15, -0.1) is 11.3 Å². The van der Waals surface area contributed by atoms with Crippen LogP contribution in [0.1, 0.15) is 52.1 Å². The van der Waals surface area contributed by atoms with Crippen molar-refractivity contribution in [1.82, 2.24) is 25.1 Å². The van der Waals surface area contributed by atoms with E-state index in [1.54, 1.807) is 11.3 Å². The summed E-state index contributed by atoms with van der Waals surface area (Å²) in [7, 11) is 0. The van der Waals surface area contributed by atoms with E-state index in [-0.39, 0.29) is 24.3 Å². The molecular formula is C22H28N6O3S. The van der Waals surface area contributed by atoms with Gasteiger partial charge in [-0.3, -0.25) is 5.10 Å². The van der Waals surface area contributed by atoms with Crippen LogP contribution in [0.4, 0.5) is 16.4 Å². The van der Waals surface area contributed by atoms with Gasteiger partial charge < -0.3 is 19.7 Å². The lowest BCUT2D eigenvalue weighted by Gasteiger charge is -2.39. The number of rotatable bonds is 4. The number of nitrogens with zero attached hydrogens (tertiary/aromatic N) is 4. The van der Waals surface area contributed by atoms with E-state index >= 15 is 0 Å². The Morgan fingerprint density at radius 1 is 1.25 bits per heavy atom. The lowest BCUT2D eigenvalue weighted by atomic mass is 10.0. The Morgan fingerprint density at radius 3 is 2.66 bits per heavy atom. The fraction of sp³-hybridized carbons (Fsp3) is 0.545. The third-order valence-corrected chi connectivity index (χ3v) is 6.63. The number of anilines is 2. The van der Waals surface area contributed by atoms with Gasteiger partial charge in [-0.05, 0) is 52.0 Å². The van der Waals surface area contributed by atoms with Crippen molar-refractivity contribution in [2.75, 3.05) is 5.32 Å². The van der Waals surface area contributed by atoms with Gasteiger partial charge in [0.2, 0.25) is 0 Å². The normalized spacial score (nSPS) is 22.9. The van der Waals surface area contributed by atoms with Crippen molar-refractivity contribution in [3.8, 4) is 6.01 Å². The van der Waals surface area contributed by atoms with Crippen LogP contribution in [0, 0.1) is 6.92 Å². The molecule has 0 spiro atoms. The summed E-state index contributed by atoms with van der Waals surface area (Å²) in [6.07, 6.45) is 3.19. The van der Waals surface area contributed by atoms with Gasteiger partial charge in [0.15, 0.2) is 5.82 Å². The van der Waals surface area contributed by atoms with E-state index in [2.05, 4.69) is 25.5 Å². The minimum absolute atomic E-state index is 0.0379. The van der Waals surface area contributed by atoms with Crippen LogP contribution in [-0.4, -0.2) is 54.9 Å². The zero-order valence-electron chi connectivity index (χ0n) is 18.7. The Hall–Kier alpha value is -2.88. The van der Waals surface area contributed by atoms with Gasteiger partial charge in [0.05, 0.1) is 5.39 Å². The molecule has 170 valence electrons. The van der Waals surface area contributed by atoms with Crippen LogP contribution in [-0.2, 0) is 4.74 Å². The van der Waals surface area contributed by atoms with Gasteiger partial charge in [0.1, 0.15) is 22.4 Å². The average molecular weight is 457 g/mol. The molecule has 9 nitrogen and oxygen atoms in total. The summed E-state index contributed by atoms with van der Waals surface area (Å²) in [6, 6.07) is 4.52. The smallest absolute Gasteiger partial charge is 0.410 e. The summed E-state index contributed by atoms with van der Waals surface area (Å²) in [5.74, 6) is 1.37. The maximum atomic E-state index is 12.7. The summed E-state index contributed by atoms with van der Waals surface area (Å²) in [6.45, 7) is 7.65. The molecule has 5 heterocycles. The Balaban J connectivity index is 1.32. The number of nitrogens with one attached hydrogen (secondary N) is 2. The first-order valence-corrected chi connectivity index (χ1v) is 11.9. The molecule has 2 saturated heterocycles. The van der Waals surface area contributed by atoms with E-state index in [0.717, 1.165) is 41.6 Å². The van der Waals surface area contributed by atoms with Gasteiger partial charge in [0.25, 0.3) is 0 Å². The SMILES string of the molecule is Cc1cc(Nc2nc(OC3C[C@H]4CC[C@@H](C3)N4C(=O)OC(C)(C)C)nc3sccc23)n[nH]1. The average Bonchev–Trinajstić information content (AvgIpc) is 3.39. The van der Waals surface area contributed by atoms with E-state index in [0.29, 0.717) is 17.6 Å². The highest BCUT2D eigenvalue weighted by Crippen LogP contribution is 2.38. The molecule has 10 heteroatoms. The second kappa shape index (κ2) is 7.91. The zero-order valence-corrected chi connectivity index (χ0v) is 19.5. The fourth-order valence-electron chi connectivity index (χ4n) is 4.57. The number of amides is 1. The summed E-state index contributed by atoms with van der Waals surface area (Å²) >= 11 is 1.55. The second-order valence-electron chi connectivity index (χ2n) is 9.54. The number of aryl methyl sites for hydroxylation is 1. The largest absolute Gasteiger partial charge is 0.460 e. The highest BCUT2D eigenvalue weighted by atomic mass is 32.1. The van der Waals surface area contributed by atoms with Crippen LogP contribution in [0.2, 0.25) is 0 Å². The molecule has 2 aliphatic heterocycles. The van der Waals surface area contributed by atoms with Crippen LogP contribution < -0.4 is 10.1 Å². The quantitative estimate of drug-likeness (QED) is 0.582. The molecule has 1 unspecified atom stereocenters. The first-order valence-electron chi connectivity index (χ1n) is 11.0. The number of ether oxygens (including phenoxy) is 2. The van der Waals surface area contributed by atoms with Crippen molar-refractivity contribution in [1.29, 1.82) is 0 Å². The lowest BCUT2D eigenvalue weighted by molar-refractivity contribution is -0.00811. The molecule has 0 saturated carbocycles. The number of thiophene rings is 1. The Kier molecular flexibility index (Phi) is 5.19. The van der Waals surface area contributed by atoms with Gasteiger partial charge in [-0.25, -0.2) is 4.79 Å². The van der Waals surface area contributed by atoms with Gasteiger partial charge in [0, 0.05) is 36.7 Å². The van der Waals surface area contributed by atoms with Crippen molar-refractivity contribution in [3.05, 3.63) is 23.2 Å². The molecule has 3 aromatic heterocycles. The molecule has 5 rings (SSSR count). The molecule has 2 bridgehead atoms. The van der Waals surface area contributed by atoms with Crippen molar-refractivity contribution in [2.45, 2.75) is 77.2 Å². The van der Waals surface area contributed by atoms with E-state index in [1.807, 2.05) is 50.1 Å². The zero-order chi connectivity index (χ0) is 22.5. The maximum absolute atomic E-state index is 12.7. The van der Waals surface area contributed by atoms with Gasteiger partial charge in [-0.2, -0.15) is 15.1 Å². The Bertz CT molecular complexity index is 1120. The van der Waals surface area contributed by atoms with E-state index < -0.39 is 5.60 Å². The second-order valence-corrected chi connectivity index (χ2v) is 10.4. The number of hydrogen-bond acceptors (Lipinski definition) is 8. The van der Waals surface area contributed by atoms with Crippen molar-refractivity contribution in [2.24, 2.45) is 0 Å². The molecule has 32 heavy (non-hydrogen) atoms. The van der Waals surface area contributed by atoms with Crippen molar-refractivity contribution in [3.63, 3.8) is 0 Å². The summed E-state index contributed by atoms with van der Waals surface area (Å²) in [4.78, 5) is 24.7. The fourth-order valence-corrected chi connectivity index (χ4v) is 5.33. The van der Waals surface area contributed by atoms with E-state index in [9.17, 15) is 4.79 Å². The monoisotopic (exact) mass is 456 g/mol. The molecule has 3 aromatic rings. The topological polar surface area (TPSA) is 105 Å². The minimum Gasteiger partial charge on any atom is -0.460 e. The third-order valence-electron chi connectivity index (χ3n) is 5.82. The summed E-state index contributed by atoms with van der Waals surface area (Å²) in [5.41, 5.74) is 0.469. The molecule has 3 atom stereocenters. The number of aromatic nitrogens is 4. The van der Waals surface area contributed by atoms with Crippen LogP contribution in [0.25, 0.3) is 10.2 Å². The van der Waals surface area contributed by atoms with Crippen LogP contribution in [0.15, 0.2) is 17.5 Å². The standard InChI is InChI=1S/C22H28N6O3S/c1-12-9-17(27-26-12)23-18-16-7-8-32-19(16)25-20(24-18)30-15-10-13-5-6-14(11-15)28(13)21(29)31-22(2,3)4/h7-9,13-15H,5-6,10-11H2,1-4H3,(H2,23,24,25,26,27)/t13-,14+,15?. The van der Waals surface area contributed by atoms with E-state index in [4.69, 9.17) is 9.47 Å². The third kappa shape index (κ3) is 4.23. The van der Waals surface area contributed by atoms with Crippen molar-refractivity contribution < 1.29 is 14.3 Å². The van der Waals surface area contributed by atoms with E-state index in [1.165, 1.54) is 0 Å². The molecule has 2 fully saturated rings. The molecule has 2 aliphatic rings. The van der Waals surface area contributed by atoms with Crippen LogP contribution in [0.3, 0.4) is 0 Å². The summed E-state index contributed by atoms with van der Waals surface area (Å²) < 4.78 is 11.9. The molecule has 1 amide bonds. The Labute approximate surface area is 190 Å². The lowest BCUT2D eigenvalue weighted by Crippen LogP contribution is -2.50. The number of H-pyrrole nitrogens is 1. The number of carbonyl (C=O) groups is 1. The number of hydrogen-bond donors (Lipinski definition) is 2. The van der Waals surface area contributed by atoms with Gasteiger partial charge in [-0.1, -0.05) is 0 Å². The molecular weight excluding hydrogens is 428 g/mol. The highest BCUT2D eigenvalue weighted by Gasteiger charge is 2.45. The Morgan fingerprint density at radius 2 is 2.00 bits per heavy atom. The minimum atomic E-state index is -0.496. The first-order chi connectivity index (χ1) is 15.2. The molecule has 2 N–H and O–H groups in total. The number of aromatic amines is 1. The predicted molar refractivity (Wildman–Crippen MR) is 123 cm³/mol. The van der Waals surface area contributed by atoms with Crippen LogP contribution >= 0.6 is 11.3 Å². The maximum Gasteiger partial charge on any atom is 0.410 e.